The van der Waals surface area contributed by atoms with Crippen LogP contribution >= 0.6 is 23.2 Å². The highest BCUT2D eigenvalue weighted by atomic mass is 35.5. The van der Waals surface area contributed by atoms with Crippen molar-refractivity contribution in [3.05, 3.63) is 69.8 Å². The molecule has 3 aromatic rings. The van der Waals surface area contributed by atoms with Crippen LogP contribution in [0.3, 0.4) is 0 Å². The van der Waals surface area contributed by atoms with Crippen molar-refractivity contribution in [2.45, 2.75) is 6.61 Å². The molecule has 0 saturated carbocycles. The van der Waals surface area contributed by atoms with E-state index in [1.165, 1.54) is 0 Å². The Hall–Kier alpha value is -2.14. The van der Waals surface area contributed by atoms with E-state index in [9.17, 15) is 4.79 Å². The summed E-state index contributed by atoms with van der Waals surface area (Å²) in [5.41, 5.74) is 2.49. The van der Waals surface area contributed by atoms with Gasteiger partial charge in [0, 0.05) is 18.7 Å². The molecule has 0 radical (unpaired) electrons. The van der Waals surface area contributed by atoms with Crippen LogP contribution in [0.5, 0.6) is 0 Å². The number of carbonyl (C=O) groups excluding carboxylic acids is 1. The molecule has 0 aliphatic heterocycles. The summed E-state index contributed by atoms with van der Waals surface area (Å²) in [6.45, 7) is 0.481. The molecule has 1 aromatic heterocycles. The highest BCUT2D eigenvalue weighted by Crippen LogP contribution is 2.27. The highest BCUT2D eigenvalue weighted by molar-refractivity contribution is 6.40. The summed E-state index contributed by atoms with van der Waals surface area (Å²) in [4.78, 5) is 17.0. The number of anilines is 1. The van der Waals surface area contributed by atoms with Gasteiger partial charge in [-0.2, -0.15) is 0 Å². The van der Waals surface area contributed by atoms with Gasteiger partial charge < -0.3 is 10.1 Å². The van der Waals surface area contributed by atoms with Gasteiger partial charge in [-0.15, -0.1) is 0 Å². The van der Waals surface area contributed by atoms with E-state index >= 15 is 0 Å². The zero-order valence-electron chi connectivity index (χ0n) is 12.8. The van der Waals surface area contributed by atoms with Crippen LogP contribution in [0, 0.1) is 0 Å². The summed E-state index contributed by atoms with van der Waals surface area (Å²) in [6, 6.07) is 12.5. The number of fused-ring (bicyclic) bond motifs is 1. The summed E-state index contributed by atoms with van der Waals surface area (Å²) in [6.07, 6.45) is 1.73. The number of hydrogen-bond acceptors (Lipinski definition) is 3. The number of nitrogens with one attached hydrogen (secondary N) is 1. The Balaban J connectivity index is 1.97. The largest absolute Gasteiger partial charge is 0.380 e. The van der Waals surface area contributed by atoms with E-state index in [-0.39, 0.29) is 11.5 Å². The van der Waals surface area contributed by atoms with E-state index in [2.05, 4.69) is 10.3 Å². The third-order valence-corrected chi connectivity index (χ3v) is 4.15. The van der Waals surface area contributed by atoms with E-state index < -0.39 is 0 Å². The molecule has 1 amide bonds. The highest BCUT2D eigenvalue weighted by Gasteiger charge is 2.16. The molecule has 0 saturated heterocycles. The first-order chi connectivity index (χ1) is 11.6. The summed E-state index contributed by atoms with van der Waals surface area (Å²) < 4.78 is 5.12. The molecule has 0 aliphatic rings. The second-order valence-corrected chi connectivity index (χ2v) is 6.02. The van der Waals surface area contributed by atoms with Gasteiger partial charge in [0.15, 0.2) is 0 Å². The maximum Gasteiger partial charge on any atom is 0.258 e. The van der Waals surface area contributed by atoms with Crippen molar-refractivity contribution < 1.29 is 9.53 Å². The molecule has 122 valence electrons. The van der Waals surface area contributed by atoms with E-state index in [0.29, 0.717) is 27.9 Å². The smallest absolute Gasteiger partial charge is 0.258 e. The maximum absolute atomic E-state index is 12.5. The van der Waals surface area contributed by atoms with Gasteiger partial charge in [0.2, 0.25) is 0 Å². The van der Waals surface area contributed by atoms with Crippen LogP contribution < -0.4 is 5.32 Å². The fourth-order valence-corrected chi connectivity index (χ4v) is 3.02. The molecule has 1 heterocycles. The van der Waals surface area contributed by atoms with Gasteiger partial charge in [0.1, 0.15) is 0 Å². The molecule has 1 N–H and O–H groups in total. The van der Waals surface area contributed by atoms with Crippen LogP contribution in [0.1, 0.15) is 15.9 Å². The van der Waals surface area contributed by atoms with Crippen molar-refractivity contribution in [3.8, 4) is 0 Å². The Morgan fingerprint density at radius 1 is 1.17 bits per heavy atom. The Morgan fingerprint density at radius 2 is 1.88 bits per heavy atom. The van der Waals surface area contributed by atoms with Crippen molar-refractivity contribution in [2.24, 2.45) is 0 Å². The molecule has 0 aliphatic carbocycles. The number of nitrogens with zero attached hydrogens (tertiary/aromatic N) is 1. The molecule has 3 rings (SSSR count). The van der Waals surface area contributed by atoms with Crippen LogP contribution in [0.2, 0.25) is 10.0 Å². The van der Waals surface area contributed by atoms with Crippen molar-refractivity contribution in [1.82, 2.24) is 4.98 Å². The number of halogens is 2. The summed E-state index contributed by atoms with van der Waals surface area (Å²) in [5.74, 6) is -0.374. The topological polar surface area (TPSA) is 51.2 Å². The van der Waals surface area contributed by atoms with Crippen LogP contribution in [-0.2, 0) is 11.3 Å². The van der Waals surface area contributed by atoms with E-state index in [1.54, 1.807) is 37.6 Å². The number of aromatic nitrogens is 1. The van der Waals surface area contributed by atoms with Crippen LogP contribution in [0.25, 0.3) is 10.9 Å². The molecular formula is C18H14Cl2N2O2. The lowest BCUT2D eigenvalue weighted by Crippen LogP contribution is -2.13. The average Bonchev–Trinajstić information content (AvgIpc) is 2.55. The Kier molecular flexibility index (Phi) is 5.00. The lowest BCUT2D eigenvalue weighted by Gasteiger charge is -2.11. The number of para-hydroxylation sites is 1. The molecular weight excluding hydrogens is 347 g/mol. The summed E-state index contributed by atoms with van der Waals surface area (Å²) >= 11 is 12.2. The van der Waals surface area contributed by atoms with Crippen LogP contribution in [0.15, 0.2) is 48.7 Å². The van der Waals surface area contributed by atoms with Gasteiger partial charge >= 0.3 is 0 Å². The Bertz CT molecular complexity index is 892. The predicted octanol–water partition coefficient (Wildman–Crippen LogP) is 4.94. The van der Waals surface area contributed by atoms with Crippen molar-refractivity contribution in [2.75, 3.05) is 12.4 Å². The normalized spacial score (nSPS) is 10.8. The van der Waals surface area contributed by atoms with Crippen LogP contribution in [-0.4, -0.2) is 18.0 Å². The zero-order valence-corrected chi connectivity index (χ0v) is 14.4. The predicted molar refractivity (Wildman–Crippen MR) is 96.9 cm³/mol. The number of ether oxygens (including phenoxy) is 1. The SMILES string of the molecule is COCc1cnc2c(NC(=O)c3c(Cl)cccc3Cl)cccc2c1. The minimum absolute atomic E-state index is 0.244. The molecule has 0 atom stereocenters. The van der Waals surface area contributed by atoms with E-state index in [0.717, 1.165) is 10.9 Å². The molecule has 6 heteroatoms. The lowest BCUT2D eigenvalue weighted by molar-refractivity contribution is 0.102. The fourth-order valence-electron chi connectivity index (χ4n) is 2.45. The number of benzene rings is 2. The Morgan fingerprint density at radius 3 is 2.58 bits per heavy atom. The minimum atomic E-state index is -0.374. The van der Waals surface area contributed by atoms with Crippen molar-refractivity contribution >= 4 is 45.7 Å². The zero-order chi connectivity index (χ0) is 17.1. The minimum Gasteiger partial charge on any atom is -0.380 e. The number of rotatable bonds is 4. The number of carbonyl (C=O) groups is 1. The van der Waals surface area contributed by atoms with Gasteiger partial charge in [-0.25, -0.2) is 0 Å². The van der Waals surface area contributed by atoms with Gasteiger partial charge in [-0.3, -0.25) is 9.78 Å². The number of hydrogen-bond donors (Lipinski definition) is 1. The average molecular weight is 361 g/mol. The first-order valence-corrected chi connectivity index (χ1v) is 7.97. The van der Waals surface area contributed by atoms with E-state index in [4.69, 9.17) is 27.9 Å². The standard InChI is InChI=1S/C18H14Cl2N2O2/c1-24-10-11-8-12-4-2-7-15(17(12)21-9-11)22-18(23)16-13(19)5-3-6-14(16)20/h2-9H,10H2,1H3,(H,22,23). The molecule has 24 heavy (non-hydrogen) atoms. The number of methoxy groups -OCH3 is 1. The molecule has 2 aromatic carbocycles. The fraction of sp³-hybridized carbons (Fsp3) is 0.111. The summed E-state index contributed by atoms with van der Waals surface area (Å²) in [5, 5.41) is 4.35. The van der Waals surface area contributed by atoms with Crippen molar-refractivity contribution in [1.29, 1.82) is 0 Å². The van der Waals surface area contributed by atoms with E-state index in [1.807, 2.05) is 18.2 Å². The van der Waals surface area contributed by atoms with Gasteiger partial charge in [0.25, 0.3) is 5.91 Å². The lowest BCUT2D eigenvalue weighted by atomic mass is 10.1. The number of pyridine rings is 1. The molecule has 0 fully saturated rings. The third-order valence-electron chi connectivity index (χ3n) is 3.52. The van der Waals surface area contributed by atoms with Crippen molar-refractivity contribution in [3.63, 3.8) is 0 Å². The second kappa shape index (κ2) is 7.18. The van der Waals surface area contributed by atoms with Gasteiger partial charge in [0.05, 0.1) is 33.4 Å². The van der Waals surface area contributed by atoms with Gasteiger partial charge in [-0.1, -0.05) is 41.4 Å². The summed E-state index contributed by atoms with van der Waals surface area (Å²) in [7, 11) is 1.63. The Labute approximate surface area is 149 Å². The third kappa shape index (κ3) is 3.36. The maximum atomic E-state index is 12.5. The molecule has 0 bridgehead atoms. The van der Waals surface area contributed by atoms with Crippen LogP contribution in [0.4, 0.5) is 5.69 Å². The molecule has 4 nitrogen and oxygen atoms in total. The first kappa shape index (κ1) is 16.7. The second-order valence-electron chi connectivity index (χ2n) is 5.20. The van der Waals surface area contributed by atoms with Gasteiger partial charge in [-0.05, 0) is 29.8 Å². The quantitative estimate of drug-likeness (QED) is 0.716. The first-order valence-electron chi connectivity index (χ1n) is 7.22. The molecule has 0 unspecified atom stereocenters. The monoisotopic (exact) mass is 360 g/mol. The molecule has 0 spiro atoms. The number of amides is 1.